The maximum Gasteiger partial charge on any atom is 0.316 e. The number of aromatic nitrogens is 1. The number of carbonyl (C=O) groups excluding carboxylic acids is 2. The molecule has 0 aliphatic rings. The Morgan fingerprint density at radius 2 is 1.96 bits per heavy atom. The third kappa shape index (κ3) is 4.05. The lowest BCUT2D eigenvalue weighted by molar-refractivity contribution is 0.0952. The van der Waals surface area contributed by atoms with E-state index in [2.05, 4.69) is 15.6 Å². The topological polar surface area (TPSA) is 97.1 Å². The lowest BCUT2D eigenvalue weighted by atomic mass is 10.1. The number of nitrogens with two attached hydrogens (primary N) is 1. The van der Waals surface area contributed by atoms with E-state index in [9.17, 15) is 9.59 Å². The van der Waals surface area contributed by atoms with Crippen LogP contribution in [-0.4, -0.2) is 16.9 Å². The molecule has 0 radical (unpaired) electrons. The van der Waals surface area contributed by atoms with Crippen molar-refractivity contribution < 1.29 is 9.59 Å². The molecular formula is C18H15ClN4O2. The highest BCUT2D eigenvalue weighted by atomic mass is 35.5. The molecule has 2 aromatic carbocycles. The number of amides is 3. The van der Waals surface area contributed by atoms with Gasteiger partial charge in [-0.05, 0) is 35.9 Å². The number of primary amides is 1. The summed E-state index contributed by atoms with van der Waals surface area (Å²) in [5, 5.41) is 6.60. The second-order valence-electron chi connectivity index (χ2n) is 5.40. The van der Waals surface area contributed by atoms with Crippen molar-refractivity contribution in [3.8, 4) is 0 Å². The normalized spacial score (nSPS) is 10.4. The maximum atomic E-state index is 12.5. The molecule has 7 heteroatoms. The molecule has 0 atom stereocenters. The summed E-state index contributed by atoms with van der Waals surface area (Å²) in [7, 11) is 0. The molecule has 0 spiro atoms. The van der Waals surface area contributed by atoms with Crippen LogP contribution in [0, 0.1) is 0 Å². The van der Waals surface area contributed by atoms with E-state index >= 15 is 0 Å². The predicted molar refractivity (Wildman–Crippen MR) is 97.6 cm³/mol. The van der Waals surface area contributed by atoms with Crippen LogP contribution in [0.3, 0.4) is 0 Å². The summed E-state index contributed by atoms with van der Waals surface area (Å²) in [5.41, 5.74) is 7.49. The monoisotopic (exact) mass is 354 g/mol. The molecule has 0 unspecified atom stereocenters. The summed E-state index contributed by atoms with van der Waals surface area (Å²) in [6.45, 7) is 0.286. The Labute approximate surface area is 149 Å². The number of rotatable bonds is 4. The van der Waals surface area contributed by atoms with E-state index in [0.29, 0.717) is 21.8 Å². The van der Waals surface area contributed by atoms with Crippen LogP contribution in [0.2, 0.25) is 5.02 Å². The van der Waals surface area contributed by atoms with Crippen LogP contribution in [0.25, 0.3) is 10.9 Å². The molecule has 3 amide bonds. The molecule has 6 nitrogen and oxygen atoms in total. The Balaban J connectivity index is 1.78. The number of benzene rings is 2. The first-order valence-electron chi connectivity index (χ1n) is 7.51. The summed E-state index contributed by atoms with van der Waals surface area (Å²) in [4.78, 5) is 27.7. The lowest BCUT2D eigenvalue weighted by Crippen LogP contribution is -2.23. The van der Waals surface area contributed by atoms with Crippen LogP contribution in [0.1, 0.15) is 15.9 Å². The molecule has 25 heavy (non-hydrogen) atoms. The molecule has 1 aromatic heterocycles. The Hall–Kier alpha value is -3.12. The average Bonchev–Trinajstić information content (AvgIpc) is 2.58. The van der Waals surface area contributed by atoms with Crippen molar-refractivity contribution in [1.82, 2.24) is 10.3 Å². The van der Waals surface area contributed by atoms with Crippen molar-refractivity contribution in [3.05, 3.63) is 70.9 Å². The van der Waals surface area contributed by atoms with Gasteiger partial charge in [0.05, 0.1) is 11.1 Å². The van der Waals surface area contributed by atoms with Crippen LogP contribution < -0.4 is 16.4 Å². The second-order valence-corrected chi connectivity index (χ2v) is 5.84. The van der Waals surface area contributed by atoms with E-state index in [0.717, 1.165) is 10.9 Å². The van der Waals surface area contributed by atoms with Gasteiger partial charge in [0.1, 0.15) is 0 Å². The van der Waals surface area contributed by atoms with Crippen molar-refractivity contribution >= 4 is 40.1 Å². The maximum absolute atomic E-state index is 12.5. The molecule has 126 valence electrons. The number of carbonyl (C=O) groups is 2. The molecular weight excluding hydrogens is 340 g/mol. The molecule has 1 heterocycles. The second kappa shape index (κ2) is 7.19. The number of nitrogens with zero attached hydrogens (tertiary/aromatic N) is 1. The van der Waals surface area contributed by atoms with E-state index in [4.69, 9.17) is 17.3 Å². The lowest BCUT2D eigenvalue weighted by Gasteiger charge is -2.09. The smallest absolute Gasteiger partial charge is 0.316 e. The van der Waals surface area contributed by atoms with Crippen molar-refractivity contribution in [1.29, 1.82) is 0 Å². The Bertz CT molecular complexity index is 959. The molecule has 0 saturated carbocycles. The summed E-state index contributed by atoms with van der Waals surface area (Å²) in [6, 6.07) is 13.4. The molecule has 0 bridgehead atoms. The fraction of sp³-hybridized carbons (Fsp3) is 0.0556. The van der Waals surface area contributed by atoms with E-state index in [1.165, 1.54) is 0 Å². The fourth-order valence-corrected chi connectivity index (χ4v) is 2.73. The molecule has 0 fully saturated rings. The number of anilines is 1. The summed E-state index contributed by atoms with van der Waals surface area (Å²) >= 11 is 6.09. The standard InChI is InChI=1S/C18H15ClN4O2/c19-13-8-12-4-2-6-21-16(12)15(9-13)17(24)22-10-11-3-1-5-14(7-11)23-18(20)25/h1-9H,10H2,(H,22,24)(H3,20,23,25). The van der Waals surface area contributed by atoms with E-state index < -0.39 is 6.03 Å². The zero-order valence-corrected chi connectivity index (χ0v) is 13.9. The molecule has 0 aliphatic heterocycles. The van der Waals surface area contributed by atoms with Crippen molar-refractivity contribution in [2.45, 2.75) is 6.54 Å². The number of urea groups is 1. The van der Waals surface area contributed by atoms with Gasteiger partial charge in [-0.1, -0.05) is 29.8 Å². The molecule has 4 N–H and O–H groups in total. The van der Waals surface area contributed by atoms with Crippen LogP contribution in [0.4, 0.5) is 10.5 Å². The SMILES string of the molecule is NC(=O)Nc1cccc(CNC(=O)c2cc(Cl)cc3cccnc23)c1. The summed E-state index contributed by atoms with van der Waals surface area (Å²) < 4.78 is 0. The first-order chi connectivity index (χ1) is 12.0. The average molecular weight is 355 g/mol. The number of hydrogen-bond donors (Lipinski definition) is 3. The van der Waals surface area contributed by atoms with Gasteiger partial charge in [-0.25, -0.2) is 4.79 Å². The van der Waals surface area contributed by atoms with Gasteiger partial charge in [0.25, 0.3) is 5.91 Å². The van der Waals surface area contributed by atoms with Crippen LogP contribution in [-0.2, 0) is 6.54 Å². The minimum Gasteiger partial charge on any atom is -0.351 e. The molecule has 0 aliphatic carbocycles. The first kappa shape index (κ1) is 16.7. The van der Waals surface area contributed by atoms with Crippen molar-refractivity contribution in [3.63, 3.8) is 0 Å². The zero-order valence-electron chi connectivity index (χ0n) is 13.1. The van der Waals surface area contributed by atoms with Gasteiger partial charge in [-0.3, -0.25) is 9.78 Å². The first-order valence-corrected chi connectivity index (χ1v) is 7.88. The Kier molecular flexibility index (Phi) is 4.81. The van der Waals surface area contributed by atoms with E-state index in [1.807, 2.05) is 12.1 Å². The third-order valence-corrected chi connectivity index (χ3v) is 3.78. The molecule has 3 rings (SSSR count). The Morgan fingerprint density at radius 3 is 2.76 bits per heavy atom. The highest BCUT2D eigenvalue weighted by Gasteiger charge is 2.12. The number of hydrogen-bond acceptors (Lipinski definition) is 3. The minimum absolute atomic E-state index is 0.278. The largest absolute Gasteiger partial charge is 0.351 e. The molecule has 0 saturated heterocycles. The van der Waals surface area contributed by atoms with Gasteiger partial charge >= 0.3 is 6.03 Å². The van der Waals surface area contributed by atoms with Gasteiger partial charge in [0, 0.05) is 28.8 Å². The third-order valence-electron chi connectivity index (χ3n) is 3.56. The number of pyridine rings is 1. The van der Waals surface area contributed by atoms with Gasteiger partial charge in [0.2, 0.25) is 0 Å². The molecule has 3 aromatic rings. The highest BCUT2D eigenvalue weighted by molar-refractivity contribution is 6.32. The number of halogens is 1. The van der Waals surface area contributed by atoms with E-state index in [1.54, 1.807) is 42.6 Å². The van der Waals surface area contributed by atoms with Crippen LogP contribution in [0.15, 0.2) is 54.7 Å². The summed E-state index contributed by atoms with van der Waals surface area (Å²) in [5.74, 6) is -0.278. The van der Waals surface area contributed by atoms with Gasteiger partial charge in [-0.2, -0.15) is 0 Å². The highest BCUT2D eigenvalue weighted by Crippen LogP contribution is 2.22. The van der Waals surface area contributed by atoms with Gasteiger partial charge in [0.15, 0.2) is 0 Å². The van der Waals surface area contributed by atoms with Crippen LogP contribution in [0.5, 0.6) is 0 Å². The summed E-state index contributed by atoms with van der Waals surface area (Å²) in [6.07, 6.45) is 1.63. The Morgan fingerprint density at radius 1 is 1.12 bits per heavy atom. The minimum atomic E-state index is -0.641. The quantitative estimate of drug-likeness (QED) is 0.670. The van der Waals surface area contributed by atoms with Crippen molar-refractivity contribution in [2.24, 2.45) is 5.73 Å². The van der Waals surface area contributed by atoms with Crippen molar-refractivity contribution in [2.75, 3.05) is 5.32 Å². The van der Waals surface area contributed by atoms with Gasteiger partial charge < -0.3 is 16.4 Å². The van der Waals surface area contributed by atoms with E-state index in [-0.39, 0.29) is 12.5 Å². The number of nitrogens with one attached hydrogen (secondary N) is 2. The number of fused-ring (bicyclic) bond motifs is 1. The van der Waals surface area contributed by atoms with Crippen LogP contribution >= 0.6 is 11.6 Å². The zero-order chi connectivity index (χ0) is 17.8. The van der Waals surface area contributed by atoms with Gasteiger partial charge in [-0.15, -0.1) is 0 Å². The predicted octanol–water partition coefficient (Wildman–Crippen LogP) is 3.31. The fourth-order valence-electron chi connectivity index (χ4n) is 2.51.